The Morgan fingerprint density at radius 1 is 1.08 bits per heavy atom. The number of rotatable bonds is 7. The number of methoxy groups -OCH3 is 1. The lowest BCUT2D eigenvalue weighted by atomic mass is 10.0. The minimum absolute atomic E-state index is 0.230. The summed E-state index contributed by atoms with van der Waals surface area (Å²) in [6.45, 7) is 3.94. The Kier molecular flexibility index (Phi) is 7.00. The van der Waals surface area contributed by atoms with Gasteiger partial charge in [0.25, 0.3) is 5.91 Å². The van der Waals surface area contributed by atoms with Crippen molar-refractivity contribution in [3.8, 4) is 28.3 Å². The van der Waals surface area contributed by atoms with Gasteiger partial charge in [-0.25, -0.2) is 22.4 Å². The molecule has 5 rings (SSSR count). The number of carbonyl (C=O) groups excluding carboxylic acids is 2. The van der Waals surface area contributed by atoms with E-state index in [4.69, 9.17) is 4.74 Å². The highest BCUT2D eigenvalue weighted by molar-refractivity contribution is 7.89. The summed E-state index contributed by atoms with van der Waals surface area (Å²) in [5.41, 5.74) is 5.08. The van der Waals surface area contributed by atoms with Gasteiger partial charge in [-0.05, 0) is 49.6 Å². The Balaban J connectivity index is 1.29. The number of aryl methyl sites for hydroxylation is 2. The average Bonchev–Trinajstić information content (AvgIpc) is 3.49. The van der Waals surface area contributed by atoms with Crippen LogP contribution >= 0.6 is 11.3 Å². The number of nitrogens with one attached hydrogen (secondary N) is 1. The smallest absolute Gasteiger partial charge is 0.256 e. The zero-order chi connectivity index (χ0) is 27.9. The van der Waals surface area contributed by atoms with E-state index < -0.39 is 16.1 Å². The van der Waals surface area contributed by atoms with Gasteiger partial charge in [0.2, 0.25) is 21.8 Å². The van der Waals surface area contributed by atoms with Crippen LogP contribution in [0.15, 0.2) is 54.0 Å². The topological polar surface area (TPSA) is 123 Å². The molecule has 202 valence electrons. The van der Waals surface area contributed by atoms with E-state index in [-0.39, 0.29) is 17.4 Å². The third kappa shape index (κ3) is 5.43. The molecule has 0 bridgehead atoms. The molecule has 1 aliphatic heterocycles. The third-order valence-corrected chi connectivity index (χ3v) is 8.39. The molecule has 0 spiro atoms. The van der Waals surface area contributed by atoms with Crippen LogP contribution in [-0.2, 0) is 14.8 Å². The number of anilines is 1. The van der Waals surface area contributed by atoms with E-state index in [1.165, 1.54) is 28.5 Å². The van der Waals surface area contributed by atoms with E-state index in [2.05, 4.69) is 15.3 Å². The normalized spacial score (nSPS) is 15.1. The van der Waals surface area contributed by atoms with Crippen LogP contribution in [0, 0.1) is 13.8 Å². The molecule has 0 radical (unpaired) electrons. The number of benzene rings is 1. The molecule has 1 saturated heterocycles. The predicted molar refractivity (Wildman–Crippen MR) is 150 cm³/mol. The number of amides is 2. The number of pyridine rings is 1. The summed E-state index contributed by atoms with van der Waals surface area (Å²) in [6.07, 6.45) is 2.88. The van der Waals surface area contributed by atoms with Crippen LogP contribution in [0.1, 0.15) is 28.2 Å². The van der Waals surface area contributed by atoms with Crippen LogP contribution < -0.4 is 10.1 Å². The molecule has 39 heavy (non-hydrogen) atoms. The molecule has 1 aliphatic rings. The highest BCUT2D eigenvalue weighted by Crippen LogP contribution is 2.31. The van der Waals surface area contributed by atoms with Crippen molar-refractivity contribution in [1.29, 1.82) is 0 Å². The molecule has 0 aliphatic carbocycles. The molecule has 1 atom stereocenters. The fourth-order valence-electron chi connectivity index (χ4n) is 4.52. The Labute approximate surface area is 230 Å². The SMILES string of the molecule is COc1cc(-c2cccc(-c3csc(NC(=O)[C@@H]4CCN4C(=O)c4cc(C)n(S(C)(=O)=O)c4)n3)c2)cc(C)n1. The van der Waals surface area contributed by atoms with Crippen molar-refractivity contribution in [3.63, 3.8) is 0 Å². The van der Waals surface area contributed by atoms with Crippen LogP contribution in [0.4, 0.5) is 5.13 Å². The molecule has 0 saturated carbocycles. The van der Waals surface area contributed by atoms with Crippen molar-refractivity contribution >= 4 is 38.3 Å². The van der Waals surface area contributed by atoms with Crippen molar-refractivity contribution in [2.24, 2.45) is 0 Å². The second kappa shape index (κ2) is 10.3. The number of carbonyl (C=O) groups is 2. The Morgan fingerprint density at radius 2 is 1.85 bits per heavy atom. The minimum atomic E-state index is -3.52. The zero-order valence-electron chi connectivity index (χ0n) is 21.8. The fraction of sp³-hybridized carbons (Fsp3) is 0.259. The van der Waals surface area contributed by atoms with Gasteiger partial charge in [-0.15, -0.1) is 11.3 Å². The predicted octanol–water partition coefficient (Wildman–Crippen LogP) is 3.96. The van der Waals surface area contributed by atoms with Crippen molar-refractivity contribution in [3.05, 3.63) is 71.0 Å². The summed E-state index contributed by atoms with van der Waals surface area (Å²) in [5, 5.41) is 5.13. The second-order valence-electron chi connectivity index (χ2n) is 9.38. The molecule has 1 N–H and O–H groups in total. The summed E-state index contributed by atoms with van der Waals surface area (Å²) >= 11 is 1.30. The van der Waals surface area contributed by atoms with Crippen molar-refractivity contribution in [1.82, 2.24) is 18.8 Å². The van der Waals surface area contributed by atoms with E-state index >= 15 is 0 Å². The number of hydrogen-bond acceptors (Lipinski definition) is 8. The lowest BCUT2D eigenvalue weighted by Gasteiger charge is -2.39. The number of ether oxygens (including phenoxy) is 1. The molecule has 4 aromatic rings. The molecular formula is C27H27N5O5S2. The maximum Gasteiger partial charge on any atom is 0.256 e. The van der Waals surface area contributed by atoms with E-state index in [1.807, 2.05) is 48.7 Å². The quantitative estimate of drug-likeness (QED) is 0.360. The number of hydrogen-bond donors (Lipinski definition) is 1. The van der Waals surface area contributed by atoms with Crippen molar-refractivity contribution in [2.45, 2.75) is 26.3 Å². The lowest BCUT2D eigenvalue weighted by Crippen LogP contribution is -2.56. The van der Waals surface area contributed by atoms with Gasteiger partial charge in [-0.1, -0.05) is 18.2 Å². The van der Waals surface area contributed by atoms with Crippen LogP contribution in [0.25, 0.3) is 22.4 Å². The van der Waals surface area contributed by atoms with E-state index in [0.29, 0.717) is 35.4 Å². The first-order chi connectivity index (χ1) is 18.5. The highest BCUT2D eigenvalue weighted by Gasteiger charge is 2.38. The standard InChI is InChI=1S/C27H27N5O5S2/c1-16-10-20(13-24(28-16)37-3)18-6-5-7-19(12-18)22-15-38-27(29-22)30-25(33)23-8-9-31(23)26(34)21-11-17(2)32(14-21)39(4,35)36/h5-7,10-15,23H,8-9H2,1-4H3,(H,29,30,33)/t23-/m0/s1. The molecular weight excluding hydrogens is 538 g/mol. The van der Waals surface area contributed by atoms with Crippen LogP contribution in [-0.4, -0.2) is 65.0 Å². The third-order valence-electron chi connectivity index (χ3n) is 6.52. The highest BCUT2D eigenvalue weighted by atomic mass is 32.2. The molecule has 4 heterocycles. The van der Waals surface area contributed by atoms with Gasteiger partial charge >= 0.3 is 0 Å². The Morgan fingerprint density at radius 3 is 2.51 bits per heavy atom. The minimum Gasteiger partial charge on any atom is -0.481 e. The van der Waals surface area contributed by atoms with Crippen LogP contribution in [0.3, 0.4) is 0 Å². The monoisotopic (exact) mass is 565 g/mol. The first-order valence-electron chi connectivity index (χ1n) is 12.1. The van der Waals surface area contributed by atoms with Crippen LogP contribution in [0.2, 0.25) is 0 Å². The molecule has 0 unspecified atom stereocenters. The average molecular weight is 566 g/mol. The van der Waals surface area contributed by atoms with Crippen molar-refractivity contribution < 1.29 is 22.7 Å². The molecule has 10 nitrogen and oxygen atoms in total. The number of nitrogens with zero attached hydrogens (tertiary/aromatic N) is 4. The first kappa shape index (κ1) is 26.6. The maximum absolute atomic E-state index is 13.0. The zero-order valence-corrected chi connectivity index (χ0v) is 23.5. The summed E-state index contributed by atoms with van der Waals surface area (Å²) in [4.78, 5) is 36.4. The van der Waals surface area contributed by atoms with Crippen molar-refractivity contribution in [2.75, 3.05) is 25.2 Å². The summed E-state index contributed by atoms with van der Waals surface area (Å²) < 4.78 is 30.2. The van der Waals surface area contributed by atoms with Gasteiger partial charge in [-0.2, -0.15) is 0 Å². The molecule has 1 aromatic carbocycles. The van der Waals surface area contributed by atoms with E-state index in [0.717, 1.165) is 32.6 Å². The number of likely N-dealkylation sites (tertiary alicyclic amines) is 1. The van der Waals surface area contributed by atoms with Gasteiger partial charge in [0.1, 0.15) is 6.04 Å². The molecule has 3 aromatic heterocycles. The number of thiazole rings is 1. The van der Waals surface area contributed by atoms with Crippen LogP contribution in [0.5, 0.6) is 5.88 Å². The lowest BCUT2D eigenvalue weighted by molar-refractivity contribution is -0.123. The molecule has 1 fully saturated rings. The largest absolute Gasteiger partial charge is 0.481 e. The maximum atomic E-state index is 13.0. The number of aromatic nitrogens is 3. The summed E-state index contributed by atoms with van der Waals surface area (Å²) in [7, 11) is -1.94. The molecule has 2 amide bonds. The summed E-state index contributed by atoms with van der Waals surface area (Å²) in [5.74, 6) is -0.171. The van der Waals surface area contributed by atoms with E-state index in [1.54, 1.807) is 14.0 Å². The first-order valence-corrected chi connectivity index (χ1v) is 14.9. The van der Waals surface area contributed by atoms with Gasteiger partial charge in [-0.3, -0.25) is 9.59 Å². The van der Waals surface area contributed by atoms with Gasteiger partial charge in [0, 0.05) is 41.1 Å². The van der Waals surface area contributed by atoms with Gasteiger partial charge in [0.05, 0.1) is 24.6 Å². The Bertz CT molecular complexity index is 1690. The van der Waals surface area contributed by atoms with Gasteiger partial charge in [0.15, 0.2) is 5.13 Å². The Hall–Kier alpha value is -4.03. The molecule has 12 heteroatoms. The summed E-state index contributed by atoms with van der Waals surface area (Å²) in [6, 6.07) is 12.6. The second-order valence-corrected chi connectivity index (χ2v) is 12.1. The van der Waals surface area contributed by atoms with Gasteiger partial charge < -0.3 is 15.0 Å². The fourth-order valence-corrected chi connectivity index (χ4v) is 6.12. The van der Waals surface area contributed by atoms with E-state index in [9.17, 15) is 18.0 Å².